The van der Waals surface area contributed by atoms with Gasteiger partial charge in [0.25, 0.3) is 0 Å². The van der Waals surface area contributed by atoms with Crippen LogP contribution in [0.3, 0.4) is 0 Å². The van der Waals surface area contributed by atoms with Crippen molar-refractivity contribution in [1.82, 2.24) is 5.32 Å². The predicted molar refractivity (Wildman–Crippen MR) is 84.2 cm³/mol. The fourth-order valence-electron chi connectivity index (χ4n) is 1.96. The smallest absolute Gasteiger partial charge is 0.408 e. The Morgan fingerprint density at radius 3 is 2.52 bits per heavy atom. The minimum atomic E-state index is -0.557. The Morgan fingerprint density at radius 2 is 1.86 bits per heavy atom. The zero-order valence-electron chi connectivity index (χ0n) is 12.1. The molecular weight excluding hydrogens is 286 g/mol. The monoisotopic (exact) mass is 303 g/mol. The summed E-state index contributed by atoms with van der Waals surface area (Å²) in [7, 11) is 0. The molecule has 4 heteroatoms. The molecule has 0 aliphatic carbocycles. The zero-order valence-corrected chi connectivity index (χ0v) is 12.9. The van der Waals surface area contributed by atoms with Crippen LogP contribution in [0.2, 0.25) is 5.02 Å². The first kappa shape index (κ1) is 15.4. The molecule has 1 amide bonds. The van der Waals surface area contributed by atoms with Gasteiger partial charge in [-0.2, -0.15) is 0 Å². The van der Waals surface area contributed by atoms with E-state index in [-0.39, 0.29) is 6.61 Å². The summed E-state index contributed by atoms with van der Waals surface area (Å²) in [5.74, 6) is 0. The van der Waals surface area contributed by atoms with Crippen LogP contribution in [0.5, 0.6) is 0 Å². The highest BCUT2D eigenvalue weighted by Crippen LogP contribution is 2.23. The van der Waals surface area contributed by atoms with Gasteiger partial charge in [-0.3, -0.25) is 0 Å². The minimum Gasteiger partial charge on any atom is -0.445 e. The van der Waals surface area contributed by atoms with Gasteiger partial charge in [-0.25, -0.2) is 4.79 Å². The van der Waals surface area contributed by atoms with Crippen molar-refractivity contribution >= 4 is 17.7 Å². The highest BCUT2D eigenvalue weighted by molar-refractivity contribution is 6.30. The second-order valence-electron chi connectivity index (χ2n) is 5.32. The maximum Gasteiger partial charge on any atom is 0.408 e. The summed E-state index contributed by atoms with van der Waals surface area (Å²) in [5.41, 5.74) is 1.32. The second kappa shape index (κ2) is 6.64. The molecule has 2 aromatic carbocycles. The van der Waals surface area contributed by atoms with Crippen LogP contribution in [0.1, 0.15) is 25.0 Å². The highest BCUT2D eigenvalue weighted by Gasteiger charge is 2.23. The van der Waals surface area contributed by atoms with Gasteiger partial charge >= 0.3 is 6.09 Å². The molecule has 0 saturated carbocycles. The first-order valence-electron chi connectivity index (χ1n) is 6.72. The highest BCUT2D eigenvalue weighted by atomic mass is 35.5. The SMILES string of the molecule is CC(C)(NC(=O)OCc1ccccc1)c1cccc(Cl)c1. The normalized spacial score (nSPS) is 11.0. The molecule has 0 saturated heterocycles. The average Bonchev–Trinajstić information content (AvgIpc) is 2.46. The van der Waals surface area contributed by atoms with E-state index in [0.29, 0.717) is 5.02 Å². The molecule has 0 aromatic heterocycles. The Hall–Kier alpha value is -2.00. The van der Waals surface area contributed by atoms with Crippen molar-refractivity contribution < 1.29 is 9.53 Å². The zero-order chi connectivity index (χ0) is 15.3. The minimum absolute atomic E-state index is 0.248. The summed E-state index contributed by atoms with van der Waals surface area (Å²) in [6, 6.07) is 17.0. The van der Waals surface area contributed by atoms with Gasteiger partial charge in [0.05, 0.1) is 5.54 Å². The Bertz CT molecular complexity index is 611. The van der Waals surface area contributed by atoms with E-state index in [1.54, 1.807) is 6.07 Å². The van der Waals surface area contributed by atoms with Crippen molar-refractivity contribution in [3.63, 3.8) is 0 Å². The van der Waals surface area contributed by atoms with Crippen molar-refractivity contribution in [2.75, 3.05) is 0 Å². The quantitative estimate of drug-likeness (QED) is 0.903. The van der Waals surface area contributed by atoms with Crippen molar-refractivity contribution in [3.8, 4) is 0 Å². The molecule has 0 heterocycles. The van der Waals surface area contributed by atoms with E-state index in [4.69, 9.17) is 16.3 Å². The van der Waals surface area contributed by atoms with Gasteiger partial charge in [0, 0.05) is 5.02 Å². The van der Waals surface area contributed by atoms with E-state index in [9.17, 15) is 4.79 Å². The lowest BCUT2D eigenvalue weighted by atomic mass is 9.95. The third-order valence-corrected chi connectivity index (χ3v) is 3.41. The fourth-order valence-corrected chi connectivity index (χ4v) is 2.15. The van der Waals surface area contributed by atoms with Gasteiger partial charge < -0.3 is 10.1 Å². The summed E-state index contributed by atoms with van der Waals surface area (Å²) >= 11 is 5.98. The number of hydrogen-bond acceptors (Lipinski definition) is 2. The van der Waals surface area contributed by atoms with Crippen LogP contribution < -0.4 is 5.32 Å². The summed E-state index contributed by atoms with van der Waals surface area (Å²) in [5, 5.41) is 3.49. The third kappa shape index (κ3) is 4.50. The van der Waals surface area contributed by atoms with Crippen LogP contribution in [0.25, 0.3) is 0 Å². The third-order valence-electron chi connectivity index (χ3n) is 3.17. The lowest BCUT2D eigenvalue weighted by Crippen LogP contribution is -2.41. The number of amides is 1. The number of benzene rings is 2. The largest absolute Gasteiger partial charge is 0.445 e. The molecule has 2 aromatic rings. The standard InChI is InChI=1S/C17H18ClNO2/c1-17(2,14-9-6-10-15(18)11-14)19-16(20)21-12-13-7-4-3-5-8-13/h3-11H,12H2,1-2H3,(H,19,20). The molecule has 1 N–H and O–H groups in total. The van der Waals surface area contributed by atoms with Crippen LogP contribution in [-0.2, 0) is 16.9 Å². The molecule has 0 bridgehead atoms. The Kier molecular flexibility index (Phi) is 4.86. The van der Waals surface area contributed by atoms with Crippen LogP contribution >= 0.6 is 11.6 Å². The maximum atomic E-state index is 11.9. The molecule has 0 aliphatic heterocycles. The van der Waals surface area contributed by atoms with E-state index < -0.39 is 11.6 Å². The van der Waals surface area contributed by atoms with E-state index in [2.05, 4.69) is 5.32 Å². The first-order valence-corrected chi connectivity index (χ1v) is 7.10. The average molecular weight is 304 g/mol. The second-order valence-corrected chi connectivity index (χ2v) is 5.76. The Labute approximate surface area is 129 Å². The number of nitrogens with one attached hydrogen (secondary N) is 1. The van der Waals surface area contributed by atoms with E-state index in [0.717, 1.165) is 11.1 Å². The summed E-state index contributed by atoms with van der Waals surface area (Å²) < 4.78 is 5.23. The van der Waals surface area contributed by atoms with Gasteiger partial charge in [-0.05, 0) is 37.1 Å². The molecule has 3 nitrogen and oxygen atoms in total. The summed E-state index contributed by atoms with van der Waals surface area (Å²) in [6.45, 7) is 4.06. The van der Waals surface area contributed by atoms with Crippen LogP contribution in [0, 0.1) is 0 Å². The number of hydrogen-bond donors (Lipinski definition) is 1. The van der Waals surface area contributed by atoms with Crippen LogP contribution in [-0.4, -0.2) is 6.09 Å². The van der Waals surface area contributed by atoms with Gasteiger partial charge in [-0.15, -0.1) is 0 Å². The topological polar surface area (TPSA) is 38.3 Å². The number of carbonyl (C=O) groups excluding carboxylic acids is 1. The van der Waals surface area contributed by atoms with Crippen molar-refractivity contribution in [2.45, 2.75) is 26.0 Å². The number of carbonyl (C=O) groups is 1. The number of rotatable bonds is 4. The van der Waals surface area contributed by atoms with Crippen LogP contribution in [0.4, 0.5) is 4.79 Å². The van der Waals surface area contributed by atoms with Crippen molar-refractivity contribution in [3.05, 3.63) is 70.7 Å². The molecule has 0 radical (unpaired) electrons. The maximum absolute atomic E-state index is 11.9. The fraction of sp³-hybridized carbons (Fsp3) is 0.235. The van der Waals surface area contributed by atoms with Crippen molar-refractivity contribution in [2.24, 2.45) is 0 Å². The molecule has 0 aliphatic rings. The molecule has 0 atom stereocenters. The molecule has 21 heavy (non-hydrogen) atoms. The van der Waals surface area contributed by atoms with Crippen molar-refractivity contribution in [1.29, 1.82) is 0 Å². The molecular formula is C17H18ClNO2. The van der Waals surface area contributed by atoms with Gasteiger partial charge in [0.1, 0.15) is 6.61 Å². The van der Waals surface area contributed by atoms with Gasteiger partial charge in [-0.1, -0.05) is 54.1 Å². The van der Waals surface area contributed by atoms with Gasteiger partial charge in [0.2, 0.25) is 0 Å². The molecule has 110 valence electrons. The number of ether oxygens (including phenoxy) is 1. The van der Waals surface area contributed by atoms with E-state index in [1.165, 1.54) is 0 Å². The first-order chi connectivity index (χ1) is 9.97. The van der Waals surface area contributed by atoms with Gasteiger partial charge in [0.15, 0.2) is 0 Å². The predicted octanol–water partition coefficient (Wildman–Crippen LogP) is 4.50. The number of alkyl carbamates (subject to hydrolysis) is 1. The lowest BCUT2D eigenvalue weighted by Gasteiger charge is -2.26. The Balaban J connectivity index is 1.95. The number of halogens is 1. The van der Waals surface area contributed by atoms with Crippen LogP contribution in [0.15, 0.2) is 54.6 Å². The summed E-state index contributed by atoms with van der Waals surface area (Å²) in [4.78, 5) is 11.9. The van der Waals surface area contributed by atoms with E-state index in [1.807, 2.05) is 62.4 Å². The van der Waals surface area contributed by atoms with E-state index >= 15 is 0 Å². The lowest BCUT2D eigenvalue weighted by molar-refractivity contribution is 0.129. The molecule has 0 unspecified atom stereocenters. The molecule has 0 spiro atoms. The molecule has 2 rings (SSSR count). The molecule has 0 fully saturated rings. The Morgan fingerprint density at radius 1 is 1.14 bits per heavy atom. The summed E-state index contributed by atoms with van der Waals surface area (Å²) in [6.07, 6.45) is -0.455.